The first-order chi connectivity index (χ1) is 10.8. The molecule has 0 spiro atoms. The van der Waals surface area contributed by atoms with Crippen LogP contribution in [0.5, 0.6) is 5.75 Å². The Balaban J connectivity index is 1.75. The summed E-state index contributed by atoms with van der Waals surface area (Å²) in [5.74, 6) is 0.949. The van der Waals surface area contributed by atoms with Gasteiger partial charge in [-0.05, 0) is 61.6 Å². The van der Waals surface area contributed by atoms with E-state index >= 15 is 0 Å². The number of hydrogen-bond donors (Lipinski definition) is 0. The van der Waals surface area contributed by atoms with E-state index in [9.17, 15) is 4.79 Å². The van der Waals surface area contributed by atoms with E-state index in [-0.39, 0.29) is 12.1 Å². The third-order valence-electron chi connectivity index (χ3n) is 4.07. The Morgan fingerprint density at radius 2 is 2.13 bits per heavy atom. The fourth-order valence-corrected chi connectivity index (χ4v) is 3.52. The molecule has 1 saturated heterocycles. The predicted molar refractivity (Wildman–Crippen MR) is 98.2 cm³/mol. The van der Waals surface area contributed by atoms with Crippen LogP contribution in [0.2, 0.25) is 0 Å². The minimum absolute atomic E-state index is 0.217. The fourth-order valence-electron chi connectivity index (χ4n) is 3.06. The van der Waals surface area contributed by atoms with Gasteiger partial charge < -0.3 is 19.3 Å². The molecule has 1 aromatic rings. The molecule has 5 nitrogen and oxygen atoms in total. The number of hydrogen-bond acceptors (Lipinski definition) is 4. The minimum atomic E-state index is -0.454. The third kappa shape index (κ3) is 3.84. The smallest absolute Gasteiger partial charge is 0.410 e. The van der Waals surface area contributed by atoms with Crippen molar-refractivity contribution in [2.75, 3.05) is 31.1 Å². The average Bonchev–Trinajstić information content (AvgIpc) is 2.63. The van der Waals surface area contributed by atoms with Crippen LogP contribution in [0.3, 0.4) is 0 Å². The second-order valence-corrected chi connectivity index (χ2v) is 8.27. The van der Waals surface area contributed by atoms with Crippen LogP contribution in [0.25, 0.3) is 0 Å². The lowest BCUT2D eigenvalue weighted by atomic mass is 10.1. The molecule has 0 unspecified atom stereocenters. The van der Waals surface area contributed by atoms with Crippen LogP contribution >= 0.6 is 22.6 Å². The van der Waals surface area contributed by atoms with Crippen LogP contribution in [-0.2, 0) is 4.74 Å². The maximum atomic E-state index is 12.3. The first-order valence-electron chi connectivity index (χ1n) is 8.00. The van der Waals surface area contributed by atoms with E-state index in [2.05, 4.69) is 45.7 Å². The highest BCUT2D eigenvalue weighted by molar-refractivity contribution is 14.1. The molecule has 2 aliphatic heterocycles. The highest BCUT2D eigenvalue weighted by Gasteiger charge is 2.34. The summed E-state index contributed by atoms with van der Waals surface area (Å²) in [5.41, 5.74) is 0.682. The summed E-state index contributed by atoms with van der Waals surface area (Å²) < 4.78 is 12.6. The number of fused-ring (bicyclic) bond motifs is 3. The SMILES string of the molecule is CC(C)(C)OC(=O)N1CCN2c3ccc(I)cc3OCC[C@H]2C1. The van der Waals surface area contributed by atoms with Gasteiger partial charge in [-0.15, -0.1) is 0 Å². The van der Waals surface area contributed by atoms with Gasteiger partial charge in [-0.3, -0.25) is 0 Å². The number of halogens is 1. The fraction of sp³-hybridized carbons (Fsp3) is 0.588. The van der Waals surface area contributed by atoms with Crippen LogP contribution in [0.1, 0.15) is 27.2 Å². The van der Waals surface area contributed by atoms with Crippen LogP contribution < -0.4 is 9.64 Å². The molecule has 1 amide bonds. The Bertz CT molecular complexity index is 600. The van der Waals surface area contributed by atoms with Gasteiger partial charge in [-0.2, -0.15) is 0 Å². The van der Waals surface area contributed by atoms with Gasteiger partial charge in [-0.1, -0.05) is 0 Å². The predicted octanol–water partition coefficient (Wildman–Crippen LogP) is 3.50. The molecule has 0 bridgehead atoms. The van der Waals surface area contributed by atoms with Crippen molar-refractivity contribution in [1.29, 1.82) is 0 Å². The van der Waals surface area contributed by atoms with Gasteiger partial charge in [0.2, 0.25) is 0 Å². The van der Waals surface area contributed by atoms with E-state index in [0.29, 0.717) is 19.7 Å². The molecule has 2 aliphatic rings. The number of ether oxygens (including phenoxy) is 2. The van der Waals surface area contributed by atoms with Crippen LogP contribution in [-0.4, -0.2) is 48.9 Å². The second-order valence-electron chi connectivity index (χ2n) is 7.02. The van der Waals surface area contributed by atoms with Crippen molar-refractivity contribution in [3.63, 3.8) is 0 Å². The summed E-state index contributed by atoms with van der Waals surface area (Å²) in [4.78, 5) is 16.5. The van der Waals surface area contributed by atoms with Crippen LogP contribution in [0.4, 0.5) is 10.5 Å². The highest BCUT2D eigenvalue weighted by atomic mass is 127. The van der Waals surface area contributed by atoms with Gasteiger partial charge in [0.1, 0.15) is 11.4 Å². The van der Waals surface area contributed by atoms with Crippen LogP contribution in [0.15, 0.2) is 18.2 Å². The van der Waals surface area contributed by atoms with Crippen molar-refractivity contribution in [2.45, 2.75) is 38.8 Å². The molecule has 0 aromatic heterocycles. The first kappa shape index (κ1) is 16.7. The molecule has 1 atom stereocenters. The molecular weight excluding hydrogens is 407 g/mol. The van der Waals surface area contributed by atoms with Crippen molar-refractivity contribution < 1.29 is 14.3 Å². The number of nitrogens with zero attached hydrogens (tertiary/aromatic N) is 2. The quantitative estimate of drug-likeness (QED) is 0.591. The largest absolute Gasteiger partial charge is 0.491 e. The minimum Gasteiger partial charge on any atom is -0.491 e. The van der Waals surface area contributed by atoms with Crippen molar-refractivity contribution in [1.82, 2.24) is 4.90 Å². The van der Waals surface area contributed by atoms with E-state index in [4.69, 9.17) is 9.47 Å². The van der Waals surface area contributed by atoms with Gasteiger partial charge in [-0.25, -0.2) is 4.79 Å². The van der Waals surface area contributed by atoms with Crippen molar-refractivity contribution in [3.8, 4) is 5.75 Å². The normalized spacial score (nSPS) is 21.0. The Kier molecular flexibility index (Phi) is 4.62. The maximum Gasteiger partial charge on any atom is 0.410 e. The summed E-state index contributed by atoms with van der Waals surface area (Å²) >= 11 is 2.30. The summed E-state index contributed by atoms with van der Waals surface area (Å²) in [6.07, 6.45) is 0.690. The Morgan fingerprint density at radius 1 is 1.35 bits per heavy atom. The molecule has 0 saturated carbocycles. The Morgan fingerprint density at radius 3 is 2.87 bits per heavy atom. The van der Waals surface area contributed by atoms with E-state index < -0.39 is 5.60 Å². The zero-order chi connectivity index (χ0) is 16.6. The zero-order valence-electron chi connectivity index (χ0n) is 13.8. The van der Waals surface area contributed by atoms with Gasteiger partial charge in [0.05, 0.1) is 18.3 Å². The van der Waals surface area contributed by atoms with E-state index in [1.54, 1.807) is 0 Å². The third-order valence-corrected chi connectivity index (χ3v) is 4.75. The second kappa shape index (κ2) is 6.37. The molecule has 2 heterocycles. The van der Waals surface area contributed by atoms with Crippen LogP contribution in [0, 0.1) is 3.57 Å². The zero-order valence-corrected chi connectivity index (χ0v) is 16.0. The van der Waals surface area contributed by atoms with E-state index in [1.807, 2.05) is 25.7 Å². The Labute approximate surface area is 151 Å². The standard InChI is InChI=1S/C17H23IN2O3/c1-17(2,3)23-16(21)19-7-8-20-13(11-19)6-9-22-15-10-12(18)4-5-14(15)20/h4-5,10,13H,6-9,11H2,1-3H3/t13-/m0/s1. The number of piperazine rings is 1. The molecule has 1 aromatic carbocycles. The number of carbonyl (C=O) groups is 1. The number of amides is 1. The monoisotopic (exact) mass is 430 g/mol. The molecule has 0 radical (unpaired) electrons. The van der Waals surface area contributed by atoms with Gasteiger partial charge >= 0.3 is 6.09 Å². The highest BCUT2D eigenvalue weighted by Crippen LogP contribution is 2.36. The van der Waals surface area contributed by atoms with E-state index in [0.717, 1.165) is 24.4 Å². The summed E-state index contributed by atoms with van der Waals surface area (Å²) in [5, 5.41) is 0. The number of carbonyl (C=O) groups excluding carboxylic acids is 1. The first-order valence-corrected chi connectivity index (χ1v) is 9.08. The van der Waals surface area contributed by atoms with Crippen molar-refractivity contribution in [2.24, 2.45) is 0 Å². The van der Waals surface area contributed by atoms with Crippen molar-refractivity contribution >= 4 is 34.4 Å². The summed E-state index contributed by atoms with van der Waals surface area (Å²) in [6, 6.07) is 6.58. The lowest BCUT2D eigenvalue weighted by molar-refractivity contribution is 0.0211. The summed E-state index contributed by atoms with van der Waals surface area (Å²) in [6.45, 7) is 8.55. The van der Waals surface area contributed by atoms with Gasteiger partial charge in [0, 0.05) is 29.6 Å². The summed E-state index contributed by atoms with van der Waals surface area (Å²) in [7, 11) is 0. The van der Waals surface area contributed by atoms with Gasteiger partial charge in [0.25, 0.3) is 0 Å². The molecule has 23 heavy (non-hydrogen) atoms. The molecule has 126 valence electrons. The number of rotatable bonds is 0. The molecule has 3 rings (SSSR count). The van der Waals surface area contributed by atoms with Gasteiger partial charge in [0.15, 0.2) is 0 Å². The molecule has 6 heteroatoms. The number of anilines is 1. The van der Waals surface area contributed by atoms with E-state index in [1.165, 1.54) is 3.57 Å². The molecule has 0 N–H and O–H groups in total. The van der Waals surface area contributed by atoms with Crippen molar-refractivity contribution in [3.05, 3.63) is 21.8 Å². The topological polar surface area (TPSA) is 42.0 Å². The molecular formula is C17H23IN2O3. The lowest BCUT2D eigenvalue weighted by Crippen LogP contribution is -2.55. The lowest BCUT2D eigenvalue weighted by Gasteiger charge is -2.42. The number of benzene rings is 1. The molecule has 1 fully saturated rings. The molecule has 0 aliphatic carbocycles. The average molecular weight is 430 g/mol. The Hall–Kier alpha value is -1.18. The maximum absolute atomic E-state index is 12.3.